The van der Waals surface area contributed by atoms with Gasteiger partial charge in [-0.3, -0.25) is 9.59 Å². The maximum Gasteiger partial charge on any atom is 0.258 e. The van der Waals surface area contributed by atoms with E-state index in [1.165, 1.54) is 6.07 Å². The Morgan fingerprint density at radius 3 is 2.61 bits per heavy atom. The highest BCUT2D eigenvalue weighted by Gasteiger charge is 2.36. The Morgan fingerprint density at radius 2 is 1.89 bits per heavy atom. The van der Waals surface area contributed by atoms with Crippen molar-refractivity contribution < 1.29 is 19.4 Å². The minimum absolute atomic E-state index is 0.0644. The highest BCUT2D eigenvalue weighted by molar-refractivity contribution is 5.99. The van der Waals surface area contributed by atoms with Crippen LogP contribution in [0.5, 0.6) is 11.5 Å². The number of phenolic OH excluding ortho intramolecular Hbond substituents is 1. The van der Waals surface area contributed by atoms with Gasteiger partial charge in [0.2, 0.25) is 5.91 Å². The van der Waals surface area contributed by atoms with Crippen LogP contribution in [0.2, 0.25) is 0 Å². The number of aromatic hydroxyl groups is 1. The molecule has 28 heavy (non-hydrogen) atoms. The van der Waals surface area contributed by atoms with E-state index in [1.54, 1.807) is 35.0 Å². The van der Waals surface area contributed by atoms with E-state index < -0.39 is 6.04 Å². The molecule has 0 radical (unpaired) electrons. The summed E-state index contributed by atoms with van der Waals surface area (Å²) in [5.74, 6) is 0.293. The van der Waals surface area contributed by atoms with Crippen LogP contribution in [0.4, 0.5) is 0 Å². The van der Waals surface area contributed by atoms with Gasteiger partial charge in [0.05, 0.1) is 12.1 Å². The molecule has 6 heteroatoms. The minimum Gasteiger partial charge on any atom is -0.507 e. The lowest BCUT2D eigenvalue weighted by molar-refractivity contribution is -0.134. The van der Waals surface area contributed by atoms with Crippen molar-refractivity contribution in [2.24, 2.45) is 0 Å². The third-order valence-corrected chi connectivity index (χ3v) is 5.03. The number of hydrogen-bond donors (Lipinski definition) is 1. The summed E-state index contributed by atoms with van der Waals surface area (Å²) in [7, 11) is 1.72. The van der Waals surface area contributed by atoms with Crippen molar-refractivity contribution in [1.82, 2.24) is 9.80 Å². The average molecular weight is 382 g/mol. The molecule has 0 saturated carbocycles. The number of likely N-dealkylation sites (N-methyl/N-ethyl adjacent to an activating group) is 1. The van der Waals surface area contributed by atoms with Gasteiger partial charge in [0.15, 0.2) is 0 Å². The maximum atomic E-state index is 12.9. The summed E-state index contributed by atoms with van der Waals surface area (Å²) in [5.41, 5.74) is 1.39. The predicted octanol–water partition coefficient (Wildman–Crippen LogP) is 2.84. The fourth-order valence-electron chi connectivity index (χ4n) is 3.38. The molecule has 0 spiro atoms. The molecular weight excluding hydrogens is 356 g/mol. The Bertz CT molecular complexity index is 835. The standard InChI is InChI=1S/C22H26N2O4/c1-16-9-11-17(12-10-16)28-15-14-23(2)22(27)19-7-5-13-24(19)21(26)18-6-3-4-8-20(18)25/h3-4,6,8-12,19,25H,5,7,13-15H2,1-2H3. The van der Waals surface area contributed by atoms with E-state index in [0.717, 1.165) is 17.7 Å². The van der Waals surface area contributed by atoms with Gasteiger partial charge in [0.1, 0.15) is 24.1 Å². The number of amides is 2. The second kappa shape index (κ2) is 8.78. The lowest BCUT2D eigenvalue weighted by Gasteiger charge is -2.28. The summed E-state index contributed by atoms with van der Waals surface area (Å²) in [6.45, 7) is 3.34. The van der Waals surface area contributed by atoms with E-state index in [-0.39, 0.29) is 23.1 Å². The lowest BCUT2D eigenvalue weighted by Crippen LogP contribution is -2.47. The van der Waals surface area contributed by atoms with E-state index in [0.29, 0.717) is 26.1 Å². The number of phenols is 1. The number of rotatable bonds is 6. The third-order valence-electron chi connectivity index (χ3n) is 5.03. The Hall–Kier alpha value is -3.02. The summed E-state index contributed by atoms with van der Waals surface area (Å²) in [4.78, 5) is 28.9. The fraction of sp³-hybridized carbons (Fsp3) is 0.364. The number of likely N-dealkylation sites (tertiary alicyclic amines) is 1. The average Bonchev–Trinajstić information content (AvgIpc) is 3.18. The van der Waals surface area contributed by atoms with Crippen molar-refractivity contribution in [1.29, 1.82) is 0 Å². The number of benzene rings is 2. The molecule has 3 rings (SSSR count). The van der Waals surface area contributed by atoms with E-state index in [4.69, 9.17) is 4.74 Å². The second-order valence-electron chi connectivity index (χ2n) is 7.10. The van der Waals surface area contributed by atoms with Gasteiger partial charge in [-0.05, 0) is 44.0 Å². The molecule has 1 atom stereocenters. The van der Waals surface area contributed by atoms with Gasteiger partial charge in [0.25, 0.3) is 5.91 Å². The second-order valence-corrected chi connectivity index (χ2v) is 7.10. The van der Waals surface area contributed by atoms with Crippen LogP contribution >= 0.6 is 0 Å². The van der Waals surface area contributed by atoms with E-state index in [1.807, 2.05) is 31.2 Å². The van der Waals surface area contributed by atoms with Crippen molar-refractivity contribution in [3.63, 3.8) is 0 Å². The van der Waals surface area contributed by atoms with E-state index >= 15 is 0 Å². The van der Waals surface area contributed by atoms with Crippen molar-refractivity contribution in [3.8, 4) is 11.5 Å². The molecule has 1 saturated heterocycles. The monoisotopic (exact) mass is 382 g/mol. The van der Waals surface area contributed by atoms with Crippen LogP contribution in [0, 0.1) is 6.92 Å². The third kappa shape index (κ3) is 4.44. The Morgan fingerprint density at radius 1 is 1.18 bits per heavy atom. The first kappa shape index (κ1) is 19.7. The molecule has 2 aromatic carbocycles. The van der Waals surface area contributed by atoms with Gasteiger partial charge in [-0.25, -0.2) is 0 Å². The molecule has 1 unspecified atom stereocenters. The molecule has 1 heterocycles. The molecule has 0 aliphatic carbocycles. The van der Waals surface area contributed by atoms with Gasteiger partial charge >= 0.3 is 0 Å². The molecule has 2 amide bonds. The number of carbonyl (C=O) groups is 2. The van der Waals surface area contributed by atoms with Crippen LogP contribution in [0.3, 0.4) is 0 Å². The molecule has 0 aromatic heterocycles. The summed E-state index contributed by atoms with van der Waals surface area (Å²) in [6.07, 6.45) is 1.39. The molecule has 0 bridgehead atoms. The summed E-state index contributed by atoms with van der Waals surface area (Å²) >= 11 is 0. The molecule has 1 aliphatic rings. The minimum atomic E-state index is -0.503. The van der Waals surface area contributed by atoms with Crippen molar-refractivity contribution in [2.45, 2.75) is 25.8 Å². The highest BCUT2D eigenvalue weighted by atomic mass is 16.5. The van der Waals surface area contributed by atoms with Crippen molar-refractivity contribution >= 4 is 11.8 Å². The number of hydrogen-bond acceptors (Lipinski definition) is 4. The molecule has 2 aromatic rings. The van der Waals surface area contributed by atoms with Gasteiger partial charge in [-0.1, -0.05) is 29.8 Å². The van der Waals surface area contributed by atoms with E-state index in [2.05, 4.69) is 0 Å². The fourth-order valence-corrected chi connectivity index (χ4v) is 3.38. The normalized spacial score (nSPS) is 16.1. The number of para-hydroxylation sites is 1. The molecule has 1 fully saturated rings. The number of carbonyl (C=O) groups excluding carboxylic acids is 2. The van der Waals surface area contributed by atoms with Crippen molar-refractivity contribution in [2.75, 3.05) is 26.7 Å². The number of nitrogens with zero attached hydrogens (tertiary/aromatic N) is 2. The van der Waals surface area contributed by atoms with Crippen molar-refractivity contribution in [3.05, 3.63) is 59.7 Å². The quantitative estimate of drug-likeness (QED) is 0.834. The van der Waals surface area contributed by atoms with E-state index in [9.17, 15) is 14.7 Å². The molecule has 148 valence electrons. The Labute approximate surface area is 165 Å². The zero-order valence-electron chi connectivity index (χ0n) is 16.3. The molecular formula is C22H26N2O4. The Kier molecular flexibility index (Phi) is 6.19. The van der Waals surface area contributed by atoms with Gasteiger partial charge in [0, 0.05) is 13.6 Å². The van der Waals surface area contributed by atoms with Gasteiger partial charge in [-0.2, -0.15) is 0 Å². The van der Waals surface area contributed by atoms with Crippen LogP contribution < -0.4 is 4.74 Å². The zero-order valence-corrected chi connectivity index (χ0v) is 16.3. The largest absolute Gasteiger partial charge is 0.507 e. The molecule has 1 N–H and O–H groups in total. The van der Waals surface area contributed by atoms with Gasteiger partial charge < -0.3 is 19.6 Å². The molecule has 1 aliphatic heterocycles. The first-order valence-electron chi connectivity index (χ1n) is 9.51. The Balaban J connectivity index is 1.58. The van der Waals surface area contributed by atoms with Crippen LogP contribution in [0.15, 0.2) is 48.5 Å². The number of aryl methyl sites for hydroxylation is 1. The topological polar surface area (TPSA) is 70.1 Å². The summed E-state index contributed by atoms with van der Waals surface area (Å²) in [5, 5.41) is 9.96. The molecule has 6 nitrogen and oxygen atoms in total. The maximum absolute atomic E-state index is 12.9. The summed E-state index contributed by atoms with van der Waals surface area (Å²) in [6, 6.07) is 13.7. The number of ether oxygens (including phenoxy) is 1. The van der Waals surface area contributed by atoms with Gasteiger partial charge in [-0.15, -0.1) is 0 Å². The highest BCUT2D eigenvalue weighted by Crippen LogP contribution is 2.25. The zero-order chi connectivity index (χ0) is 20.1. The lowest BCUT2D eigenvalue weighted by atomic mass is 10.1. The van der Waals surface area contributed by atoms with Crippen LogP contribution in [-0.4, -0.2) is 59.5 Å². The SMILES string of the molecule is Cc1ccc(OCCN(C)C(=O)C2CCCN2C(=O)c2ccccc2O)cc1. The first-order valence-corrected chi connectivity index (χ1v) is 9.51. The van der Waals surface area contributed by atoms with Crippen LogP contribution in [0.25, 0.3) is 0 Å². The van der Waals surface area contributed by atoms with Crippen LogP contribution in [0.1, 0.15) is 28.8 Å². The van der Waals surface area contributed by atoms with Crippen LogP contribution in [-0.2, 0) is 4.79 Å². The predicted molar refractivity (Wildman–Crippen MR) is 106 cm³/mol. The summed E-state index contributed by atoms with van der Waals surface area (Å²) < 4.78 is 5.70. The first-order chi connectivity index (χ1) is 13.5. The smallest absolute Gasteiger partial charge is 0.258 e.